The summed E-state index contributed by atoms with van der Waals surface area (Å²) in [5, 5.41) is 8.30. The van der Waals surface area contributed by atoms with Gasteiger partial charge in [0.05, 0.1) is 35.4 Å². The Morgan fingerprint density at radius 3 is 2.52 bits per heavy atom. The molecule has 0 radical (unpaired) electrons. The largest absolute Gasteiger partial charge is 0.495 e. The van der Waals surface area contributed by atoms with Gasteiger partial charge in [0.2, 0.25) is 11.8 Å². The number of fused-ring (bicyclic) bond motifs is 2. The summed E-state index contributed by atoms with van der Waals surface area (Å²) in [6.07, 6.45) is 9.43. The number of anilines is 1. The number of carbonyl (C=O) groups excluding carboxylic acids is 2. The molecule has 11 nitrogen and oxygen atoms in total. The van der Waals surface area contributed by atoms with Gasteiger partial charge in [-0.3, -0.25) is 28.7 Å². The lowest BCUT2D eigenvalue weighted by molar-refractivity contribution is -0.135. The highest BCUT2D eigenvalue weighted by Gasteiger charge is 2.33. The number of rotatable bonds is 6. The molecule has 2 saturated heterocycles. The minimum absolute atomic E-state index is 0.206. The summed E-state index contributed by atoms with van der Waals surface area (Å²) in [4.78, 5) is 40.3. The maximum absolute atomic E-state index is 13.4. The van der Waals surface area contributed by atoms with Crippen LogP contribution in [-0.4, -0.2) is 62.4 Å². The fraction of sp³-hybridized carbons (Fsp3) is 0.515. The first kappa shape index (κ1) is 28.6. The number of methoxy groups -OCH3 is 1. The van der Waals surface area contributed by atoms with Crippen molar-refractivity contribution in [3.63, 3.8) is 0 Å². The van der Waals surface area contributed by atoms with Crippen LogP contribution in [0.2, 0.25) is 0 Å². The van der Waals surface area contributed by atoms with E-state index in [0.29, 0.717) is 35.7 Å². The third-order valence-electron chi connectivity index (χ3n) is 10.3. The number of para-hydroxylation sites is 1. The highest BCUT2D eigenvalue weighted by molar-refractivity contribution is 6.00. The minimum Gasteiger partial charge on any atom is -0.495 e. The quantitative estimate of drug-likeness (QED) is 0.254. The van der Waals surface area contributed by atoms with Gasteiger partial charge in [0.1, 0.15) is 11.8 Å². The highest BCUT2D eigenvalue weighted by Crippen LogP contribution is 2.37. The molecular formula is C33H41N7O4. The Kier molecular flexibility index (Phi) is 7.44. The molecule has 0 spiro atoms. The minimum atomic E-state index is -0.661. The van der Waals surface area contributed by atoms with Crippen LogP contribution in [0.5, 0.6) is 5.75 Å². The molecule has 1 unspecified atom stereocenters. The van der Waals surface area contributed by atoms with E-state index in [1.54, 1.807) is 23.3 Å². The Labute approximate surface area is 255 Å². The molecule has 7 rings (SSSR count). The first-order valence-electron chi connectivity index (χ1n) is 15.9. The molecule has 3 N–H and O–H groups in total. The molecule has 4 aromatic rings. The Morgan fingerprint density at radius 2 is 1.80 bits per heavy atom. The maximum Gasteiger partial charge on any atom is 0.329 e. The number of nitrogen functional groups attached to an aromatic ring is 1. The summed E-state index contributed by atoms with van der Waals surface area (Å²) < 4.78 is 10.8. The number of hydrogen-bond donors (Lipinski definition) is 2. The number of nitrogens with one attached hydrogen (secondary N) is 1. The van der Waals surface area contributed by atoms with Crippen molar-refractivity contribution >= 4 is 39.4 Å². The molecule has 3 aliphatic rings. The van der Waals surface area contributed by atoms with Crippen molar-refractivity contribution in [2.75, 3.05) is 32.5 Å². The van der Waals surface area contributed by atoms with E-state index >= 15 is 0 Å². The molecule has 2 aromatic heterocycles. The topological polar surface area (TPSA) is 129 Å². The van der Waals surface area contributed by atoms with Gasteiger partial charge in [0.25, 0.3) is 0 Å². The van der Waals surface area contributed by atoms with Crippen LogP contribution in [0.1, 0.15) is 74.9 Å². The number of aryl methyl sites for hydroxylation is 1. The van der Waals surface area contributed by atoms with E-state index in [1.165, 1.54) is 18.4 Å². The predicted molar refractivity (Wildman–Crippen MR) is 169 cm³/mol. The van der Waals surface area contributed by atoms with Gasteiger partial charge in [-0.15, -0.1) is 0 Å². The van der Waals surface area contributed by atoms with Crippen molar-refractivity contribution in [3.05, 3.63) is 52.6 Å². The number of aromatic nitrogens is 4. The van der Waals surface area contributed by atoms with Crippen LogP contribution in [0.4, 0.5) is 5.69 Å². The van der Waals surface area contributed by atoms with Gasteiger partial charge in [-0.1, -0.05) is 12.1 Å². The molecule has 11 heteroatoms. The van der Waals surface area contributed by atoms with E-state index in [9.17, 15) is 14.4 Å². The van der Waals surface area contributed by atoms with Crippen LogP contribution >= 0.6 is 0 Å². The zero-order chi connectivity index (χ0) is 30.5. The van der Waals surface area contributed by atoms with Crippen molar-refractivity contribution in [1.82, 2.24) is 29.1 Å². The zero-order valence-corrected chi connectivity index (χ0v) is 25.5. The molecule has 4 heterocycles. The van der Waals surface area contributed by atoms with Crippen molar-refractivity contribution in [2.45, 2.75) is 69.4 Å². The maximum atomic E-state index is 13.4. The molecule has 0 bridgehead atoms. The number of ether oxygens (including phenoxy) is 1. The SMILES string of the molecule is COc1cc2nn([C@H]3CC[C@H](CN4CCC(c5cccc6c5n(C)c(=O)n6C5CCC(=O)NC5=O)CC4)CC3)cc2cc1N. The Bertz CT molecular complexity index is 1790. The molecule has 3 fully saturated rings. The van der Waals surface area contributed by atoms with Gasteiger partial charge < -0.3 is 15.4 Å². The Hall–Kier alpha value is -4.12. The molecule has 2 aliphatic heterocycles. The first-order chi connectivity index (χ1) is 21.3. The third kappa shape index (κ3) is 5.06. The average Bonchev–Trinajstić information content (AvgIpc) is 3.55. The second-order valence-corrected chi connectivity index (χ2v) is 12.9. The van der Waals surface area contributed by atoms with Crippen LogP contribution in [0.15, 0.2) is 41.3 Å². The lowest BCUT2D eigenvalue weighted by atomic mass is 9.84. The van der Waals surface area contributed by atoms with Crippen molar-refractivity contribution in [3.8, 4) is 5.75 Å². The highest BCUT2D eigenvalue weighted by atomic mass is 16.5. The number of benzene rings is 2. The van der Waals surface area contributed by atoms with Crippen molar-refractivity contribution in [2.24, 2.45) is 13.0 Å². The zero-order valence-electron chi connectivity index (χ0n) is 25.5. The van der Waals surface area contributed by atoms with Crippen molar-refractivity contribution in [1.29, 1.82) is 0 Å². The van der Waals surface area contributed by atoms with Gasteiger partial charge >= 0.3 is 5.69 Å². The van der Waals surface area contributed by atoms with Crippen molar-refractivity contribution < 1.29 is 14.3 Å². The fourth-order valence-electron chi connectivity index (χ4n) is 7.86. The summed E-state index contributed by atoms with van der Waals surface area (Å²) in [5.74, 6) is 1.04. The van der Waals surface area contributed by atoms with E-state index < -0.39 is 11.9 Å². The summed E-state index contributed by atoms with van der Waals surface area (Å²) in [7, 11) is 3.42. The molecule has 2 amide bonds. The molecular weight excluding hydrogens is 558 g/mol. The number of hydrogen-bond acceptors (Lipinski definition) is 7. The third-order valence-corrected chi connectivity index (χ3v) is 10.3. The predicted octanol–water partition coefficient (Wildman–Crippen LogP) is 3.87. The van der Waals surface area contributed by atoms with E-state index in [2.05, 4.69) is 27.2 Å². The van der Waals surface area contributed by atoms with Crippen LogP contribution in [0.3, 0.4) is 0 Å². The standard InChI is InChI=1S/C33H41N7O4/c1-37-31-24(4-3-5-27(31)40(33(37)43)28-10-11-30(41)35-32(28)42)21-12-14-38(15-13-21)18-20-6-8-23(9-7-20)39-19-22-16-25(34)29(44-2)17-26(22)36-39/h3-5,16-17,19-21,23,28H,6-15,18,34H2,1-2H3,(H,35,41,42)/t20-,23-,28?. The first-order valence-corrected chi connectivity index (χ1v) is 15.9. The molecule has 44 heavy (non-hydrogen) atoms. The number of nitrogens with zero attached hydrogens (tertiary/aromatic N) is 5. The molecule has 232 valence electrons. The summed E-state index contributed by atoms with van der Waals surface area (Å²) in [5.41, 5.74) is 10.3. The van der Waals surface area contributed by atoms with Gasteiger partial charge in [-0.2, -0.15) is 5.10 Å². The fourth-order valence-corrected chi connectivity index (χ4v) is 7.86. The molecule has 1 atom stereocenters. The Morgan fingerprint density at radius 1 is 1.02 bits per heavy atom. The summed E-state index contributed by atoms with van der Waals surface area (Å²) >= 11 is 0. The lowest BCUT2D eigenvalue weighted by Gasteiger charge is -2.37. The normalized spacial score (nSPS) is 23.8. The monoisotopic (exact) mass is 599 g/mol. The average molecular weight is 600 g/mol. The van der Waals surface area contributed by atoms with Gasteiger partial charge in [0.15, 0.2) is 0 Å². The lowest BCUT2D eigenvalue weighted by Crippen LogP contribution is -2.44. The number of carbonyl (C=O) groups is 2. The van der Waals surface area contributed by atoms with E-state index in [-0.39, 0.29) is 18.0 Å². The van der Waals surface area contributed by atoms with E-state index in [4.69, 9.17) is 15.6 Å². The van der Waals surface area contributed by atoms with Gasteiger partial charge in [-0.05, 0) is 87.6 Å². The summed E-state index contributed by atoms with van der Waals surface area (Å²) in [6, 6.07) is 9.68. The molecule has 1 aliphatic carbocycles. The van der Waals surface area contributed by atoms with E-state index in [1.807, 2.05) is 24.3 Å². The molecule has 2 aromatic carbocycles. The number of imide groups is 1. The van der Waals surface area contributed by atoms with E-state index in [0.717, 1.165) is 67.3 Å². The summed E-state index contributed by atoms with van der Waals surface area (Å²) in [6.45, 7) is 3.20. The Balaban J connectivity index is 0.980. The number of piperidine rings is 2. The number of imidazole rings is 1. The van der Waals surface area contributed by atoms with Crippen LogP contribution in [0, 0.1) is 5.92 Å². The van der Waals surface area contributed by atoms with Crippen LogP contribution in [0.25, 0.3) is 21.9 Å². The number of likely N-dealkylation sites (tertiary alicyclic amines) is 1. The van der Waals surface area contributed by atoms with Crippen LogP contribution < -0.4 is 21.5 Å². The number of amides is 2. The number of nitrogens with two attached hydrogens (primary N) is 1. The van der Waals surface area contributed by atoms with Crippen LogP contribution in [-0.2, 0) is 16.6 Å². The second-order valence-electron chi connectivity index (χ2n) is 12.9. The second kappa shape index (κ2) is 11.4. The van der Waals surface area contributed by atoms with Gasteiger partial charge in [-0.25, -0.2) is 4.79 Å². The smallest absolute Gasteiger partial charge is 0.329 e. The molecule has 1 saturated carbocycles. The van der Waals surface area contributed by atoms with Gasteiger partial charge in [0, 0.05) is 37.7 Å².